The third kappa shape index (κ3) is 2.64. The molecule has 0 aliphatic rings. The lowest BCUT2D eigenvalue weighted by Crippen LogP contribution is -2.08. The van der Waals surface area contributed by atoms with Crippen molar-refractivity contribution in [1.29, 1.82) is 0 Å². The molecule has 1 nitrogen and oxygen atoms in total. The van der Waals surface area contributed by atoms with Crippen LogP contribution in [0.1, 0.15) is 40.9 Å². The number of rotatable bonds is 2. The van der Waals surface area contributed by atoms with Gasteiger partial charge in [0.05, 0.1) is 4.88 Å². The number of carbonyl (C=O) groups excluding carboxylic acids is 1. The third-order valence-corrected chi connectivity index (χ3v) is 5.11. The molecular weight excluding hydrogens is 276 g/mol. The summed E-state index contributed by atoms with van der Waals surface area (Å²) in [6.07, 6.45) is 0. The zero-order chi connectivity index (χ0) is 15.0. The smallest absolute Gasteiger partial charge is 0.203 e. The van der Waals surface area contributed by atoms with Crippen molar-refractivity contribution < 1.29 is 4.79 Å². The minimum Gasteiger partial charge on any atom is -0.288 e. The van der Waals surface area contributed by atoms with Crippen LogP contribution in [0.3, 0.4) is 0 Å². The summed E-state index contributed by atoms with van der Waals surface area (Å²) in [4.78, 5) is 14.9. The Bertz CT molecular complexity index is 800. The lowest BCUT2D eigenvalue weighted by molar-refractivity contribution is 0.104. The lowest BCUT2D eigenvalue weighted by Gasteiger charge is -2.15. The van der Waals surface area contributed by atoms with Gasteiger partial charge >= 0.3 is 0 Å². The van der Waals surface area contributed by atoms with E-state index in [2.05, 4.69) is 26.8 Å². The van der Waals surface area contributed by atoms with Gasteiger partial charge in [-0.15, -0.1) is 11.3 Å². The molecule has 3 rings (SSSR count). The van der Waals surface area contributed by atoms with Gasteiger partial charge in [-0.2, -0.15) is 0 Å². The number of ketones is 1. The van der Waals surface area contributed by atoms with Crippen LogP contribution >= 0.6 is 11.3 Å². The van der Waals surface area contributed by atoms with E-state index in [-0.39, 0.29) is 11.2 Å². The van der Waals surface area contributed by atoms with Gasteiger partial charge in [0.15, 0.2) is 0 Å². The first kappa shape index (κ1) is 14.0. The standard InChI is InChI=1S/C19H18OS/c1-19(2,3)17-12-11-16(21-17)18(20)15-10-6-8-13-7-4-5-9-14(13)15/h4-12H,1-3H3. The summed E-state index contributed by atoms with van der Waals surface area (Å²) >= 11 is 1.60. The summed E-state index contributed by atoms with van der Waals surface area (Å²) in [5, 5.41) is 2.13. The van der Waals surface area contributed by atoms with Crippen molar-refractivity contribution in [3.63, 3.8) is 0 Å². The first-order chi connectivity index (χ1) is 9.97. The normalized spacial score (nSPS) is 11.8. The molecule has 0 aliphatic heterocycles. The number of fused-ring (bicyclic) bond motifs is 1. The highest BCUT2D eigenvalue weighted by Crippen LogP contribution is 2.31. The Morgan fingerprint density at radius 2 is 1.62 bits per heavy atom. The third-order valence-electron chi connectivity index (χ3n) is 3.60. The summed E-state index contributed by atoms with van der Waals surface area (Å²) in [5.74, 6) is 0.118. The molecule has 0 fully saturated rings. The maximum Gasteiger partial charge on any atom is 0.203 e. The number of hydrogen-bond acceptors (Lipinski definition) is 2. The second kappa shape index (κ2) is 5.12. The average Bonchev–Trinajstić information content (AvgIpc) is 2.96. The van der Waals surface area contributed by atoms with E-state index >= 15 is 0 Å². The molecule has 0 bridgehead atoms. The molecule has 0 spiro atoms. The molecule has 1 aromatic heterocycles. The molecule has 0 radical (unpaired) electrons. The SMILES string of the molecule is CC(C)(C)c1ccc(C(=O)c2cccc3ccccc23)s1. The summed E-state index contributed by atoms with van der Waals surface area (Å²) in [6, 6.07) is 18.0. The molecule has 3 aromatic rings. The van der Waals surface area contributed by atoms with Gasteiger partial charge in [-0.25, -0.2) is 0 Å². The van der Waals surface area contributed by atoms with Gasteiger partial charge in [0, 0.05) is 10.4 Å². The van der Waals surface area contributed by atoms with Crippen LogP contribution in [0, 0.1) is 0 Å². The average molecular weight is 294 g/mol. The van der Waals surface area contributed by atoms with E-state index in [1.807, 2.05) is 48.5 Å². The van der Waals surface area contributed by atoms with E-state index in [0.29, 0.717) is 0 Å². The maximum atomic E-state index is 12.8. The van der Waals surface area contributed by atoms with Gasteiger partial charge in [-0.3, -0.25) is 4.79 Å². The van der Waals surface area contributed by atoms with E-state index in [0.717, 1.165) is 21.2 Å². The molecule has 21 heavy (non-hydrogen) atoms. The fourth-order valence-electron chi connectivity index (χ4n) is 2.42. The molecule has 0 atom stereocenters. The van der Waals surface area contributed by atoms with Gasteiger partial charge in [-0.05, 0) is 28.3 Å². The van der Waals surface area contributed by atoms with Crippen LogP contribution in [0.5, 0.6) is 0 Å². The number of hydrogen-bond donors (Lipinski definition) is 0. The first-order valence-electron chi connectivity index (χ1n) is 7.09. The van der Waals surface area contributed by atoms with Crippen LogP contribution in [0.15, 0.2) is 54.6 Å². The van der Waals surface area contributed by atoms with Crippen LogP contribution in [-0.4, -0.2) is 5.78 Å². The highest BCUT2D eigenvalue weighted by Gasteiger charge is 2.20. The summed E-state index contributed by atoms with van der Waals surface area (Å²) in [6.45, 7) is 6.51. The molecule has 0 N–H and O–H groups in total. The zero-order valence-electron chi connectivity index (χ0n) is 12.5. The zero-order valence-corrected chi connectivity index (χ0v) is 13.3. The van der Waals surface area contributed by atoms with Crippen LogP contribution in [0.2, 0.25) is 0 Å². The topological polar surface area (TPSA) is 17.1 Å². The Kier molecular flexibility index (Phi) is 3.42. The molecule has 2 heteroatoms. The highest BCUT2D eigenvalue weighted by molar-refractivity contribution is 7.14. The minimum atomic E-state index is 0.0853. The van der Waals surface area contributed by atoms with E-state index in [9.17, 15) is 4.79 Å². The van der Waals surface area contributed by atoms with Gasteiger partial charge < -0.3 is 0 Å². The second-order valence-electron chi connectivity index (χ2n) is 6.27. The monoisotopic (exact) mass is 294 g/mol. The summed E-state index contributed by atoms with van der Waals surface area (Å²) in [7, 11) is 0. The van der Waals surface area contributed by atoms with Crippen molar-refractivity contribution in [2.75, 3.05) is 0 Å². The Morgan fingerprint density at radius 1 is 0.905 bits per heavy atom. The van der Waals surface area contributed by atoms with Crippen molar-refractivity contribution in [2.45, 2.75) is 26.2 Å². The number of carbonyl (C=O) groups is 1. The van der Waals surface area contributed by atoms with Crippen molar-refractivity contribution in [1.82, 2.24) is 0 Å². The molecule has 0 unspecified atom stereocenters. The molecule has 0 saturated heterocycles. The van der Waals surface area contributed by atoms with E-state index in [4.69, 9.17) is 0 Å². The maximum absolute atomic E-state index is 12.8. The highest BCUT2D eigenvalue weighted by atomic mass is 32.1. The van der Waals surface area contributed by atoms with Crippen LogP contribution in [0.4, 0.5) is 0 Å². The van der Waals surface area contributed by atoms with Crippen molar-refractivity contribution in [3.8, 4) is 0 Å². The van der Waals surface area contributed by atoms with Crippen LogP contribution in [0.25, 0.3) is 10.8 Å². The van der Waals surface area contributed by atoms with Crippen LogP contribution < -0.4 is 0 Å². The van der Waals surface area contributed by atoms with Gasteiger partial charge in [0.25, 0.3) is 0 Å². The fourth-order valence-corrected chi connectivity index (χ4v) is 3.44. The second-order valence-corrected chi connectivity index (χ2v) is 7.35. The molecular formula is C19H18OS. The van der Waals surface area contributed by atoms with E-state index < -0.39 is 0 Å². The number of benzene rings is 2. The van der Waals surface area contributed by atoms with Gasteiger partial charge in [-0.1, -0.05) is 63.2 Å². The van der Waals surface area contributed by atoms with Crippen LogP contribution in [-0.2, 0) is 5.41 Å². The predicted molar refractivity (Wildman–Crippen MR) is 90.4 cm³/mol. The van der Waals surface area contributed by atoms with E-state index in [1.54, 1.807) is 11.3 Å². The Labute approximate surface area is 129 Å². The van der Waals surface area contributed by atoms with Crippen molar-refractivity contribution in [3.05, 3.63) is 69.9 Å². The predicted octanol–water partition coefficient (Wildman–Crippen LogP) is 5.43. The Morgan fingerprint density at radius 3 is 2.33 bits per heavy atom. The Hall–Kier alpha value is -1.93. The molecule has 1 heterocycles. The largest absolute Gasteiger partial charge is 0.288 e. The molecule has 0 aliphatic carbocycles. The fraction of sp³-hybridized carbons (Fsp3) is 0.211. The van der Waals surface area contributed by atoms with Gasteiger partial charge in [0.1, 0.15) is 0 Å². The lowest BCUT2D eigenvalue weighted by atomic mass is 9.95. The van der Waals surface area contributed by atoms with E-state index in [1.165, 1.54) is 4.88 Å². The van der Waals surface area contributed by atoms with Crippen molar-refractivity contribution in [2.24, 2.45) is 0 Å². The molecule has 0 amide bonds. The first-order valence-corrected chi connectivity index (χ1v) is 7.91. The Balaban J connectivity index is 2.07. The molecule has 0 saturated carbocycles. The molecule has 2 aromatic carbocycles. The molecule has 106 valence electrons. The quantitative estimate of drug-likeness (QED) is 0.576. The minimum absolute atomic E-state index is 0.0853. The van der Waals surface area contributed by atoms with Gasteiger partial charge in [0.2, 0.25) is 5.78 Å². The summed E-state index contributed by atoms with van der Waals surface area (Å²) in [5.41, 5.74) is 0.873. The number of thiophene rings is 1. The summed E-state index contributed by atoms with van der Waals surface area (Å²) < 4.78 is 0. The van der Waals surface area contributed by atoms with Crippen molar-refractivity contribution >= 4 is 27.9 Å².